The van der Waals surface area contributed by atoms with Gasteiger partial charge in [0.2, 0.25) is 11.0 Å². The molecule has 88 valence electrons. The minimum atomic E-state index is -0.619. The van der Waals surface area contributed by atoms with Crippen LogP contribution in [0, 0.1) is 10.1 Å². The van der Waals surface area contributed by atoms with Crippen molar-refractivity contribution in [2.24, 2.45) is 0 Å². The monoisotopic (exact) mass is 271 g/mol. The van der Waals surface area contributed by atoms with Gasteiger partial charge in [0, 0.05) is 11.6 Å². The SMILES string of the molecule is O=[N+]([O-])c1c(Cl)ncnc1NCc1nccs1. The van der Waals surface area contributed by atoms with Gasteiger partial charge in [0.25, 0.3) is 0 Å². The number of anilines is 1. The Kier molecular flexibility index (Phi) is 3.45. The van der Waals surface area contributed by atoms with Crippen LogP contribution in [-0.4, -0.2) is 19.9 Å². The van der Waals surface area contributed by atoms with Crippen molar-refractivity contribution in [2.45, 2.75) is 6.54 Å². The fraction of sp³-hybridized carbons (Fsp3) is 0.125. The van der Waals surface area contributed by atoms with Crippen molar-refractivity contribution in [3.8, 4) is 0 Å². The van der Waals surface area contributed by atoms with E-state index in [2.05, 4.69) is 20.3 Å². The molecule has 0 saturated heterocycles. The van der Waals surface area contributed by atoms with Crippen LogP contribution in [0.1, 0.15) is 5.01 Å². The quantitative estimate of drug-likeness (QED) is 0.520. The maximum absolute atomic E-state index is 10.8. The first-order valence-electron chi connectivity index (χ1n) is 4.45. The van der Waals surface area contributed by atoms with E-state index < -0.39 is 4.92 Å². The van der Waals surface area contributed by atoms with E-state index in [-0.39, 0.29) is 16.7 Å². The number of thiazole rings is 1. The van der Waals surface area contributed by atoms with Gasteiger partial charge in [-0.15, -0.1) is 11.3 Å². The second kappa shape index (κ2) is 5.02. The lowest BCUT2D eigenvalue weighted by Gasteiger charge is -2.04. The molecule has 0 aliphatic heterocycles. The smallest absolute Gasteiger partial charge is 0.348 e. The van der Waals surface area contributed by atoms with Crippen LogP contribution in [0.5, 0.6) is 0 Å². The average molecular weight is 272 g/mol. The van der Waals surface area contributed by atoms with Crippen molar-refractivity contribution in [3.63, 3.8) is 0 Å². The van der Waals surface area contributed by atoms with Crippen LogP contribution in [-0.2, 0) is 6.54 Å². The van der Waals surface area contributed by atoms with E-state index in [0.717, 1.165) is 5.01 Å². The molecule has 2 heterocycles. The van der Waals surface area contributed by atoms with Crippen molar-refractivity contribution in [1.82, 2.24) is 15.0 Å². The zero-order valence-electron chi connectivity index (χ0n) is 8.33. The summed E-state index contributed by atoms with van der Waals surface area (Å²) in [6.45, 7) is 0.353. The lowest BCUT2D eigenvalue weighted by molar-refractivity contribution is -0.384. The number of rotatable bonds is 4. The van der Waals surface area contributed by atoms with Crippen molar-refractivity contribution in [2.75, 3.05) is 5.32 Å². The minimum absolute atomic E-state index is 0.0881. The molecule has 0 aromatic carbocycles. The molecule has 0 unspecified atom stereocenters. The molecule has 0 atom stereocenters. The van der Waals surface area contributed by atoms with Gasteiger partial charge in [-0.3, -0.25) is 10.1 Å². The minimum Gasteiger partial charge on any atom is -0.358 e. The number of halogens is 1. The molecule has 7 nitrogen and oxygen atoms in total. The Labute approximate surface area is 105 Å². The molecule has 0 fully saturated rings. The molecule has 1 N–H and O–H groups in total. The van der Waals surface area contributed by atoms with Gasteiger partial charge in [-0.2, -0.15) is 0 Å². The molecular weight excluding hydrogens is 266 g/mol. The van der Waals surface area contributed by atoms with Crippen LogP contribution in [0.15, 0.2) is 17.9 Å². The molecule has 17 heavy (non-hydrogen) atoms. The number of nitrogens with zero attached hydrogens (tertiary/aromatic N) is 4. The lowest BCUT2D eigenvalue weighted by Crippen LogP contribution is -2.05. The fourth-order valence-electron chi connectivity index (χ4n) is 1.15. The van der Waals surface area contributed by atoms with E-state index in [0.29, 0.717) is 6.54 Å². The van der Waals surface area contributed by atoms with Gasteiger partial charge < -0.3 is 5.32 Å². The molecule has 0 amide bonds. The summed E-state index contributed by atoms with van der Waals surface area (Å²) in [6, 6.07) is 0. The third-order valence-electron chi connectivity index (χ3n) is 1.85. The van der Waals surface area contributed by atoms with E-state index in [1.807, 2.05) is 5.38 Å². The van der Waals surface area contributed by atoms with Crippen molar-refractivity contribution in [3.05, 3.63) is 38.2 Å². The Morgan fingerprint density at radius 3 is 2.94 bits per heavy atom. The zero-order valence-corrected chi connectivity index (χ0v) is 9.90. The first kappa shape index (κ1) is 11.7. The molecule has 2 rings (SSSR count). The summed E-state index contributed by atoms with van der Waals surface area (Å²) in [6.07, 6.45) is 2.82. The normalized spacial score (nSPS) is 10.2. The number of hydrogen-bond acceptors (Lipinski definition) is 7. The predicted molar refractivity (Wildman–Crippen MR) is 63.1 cm³/mol. The highest BCUT2D eigenvalue weighted by molar-refractivity contribution is 7.09. The Morgan fingerprint density at radius 2 is 2.29 bits per heavy atom. The van der Waals surface area contributed by atoms with E-state index in [1.165, 1.54) is 17.7 Å². The van der Waals surface area contributed by atoms with E-state index in [9.17, 15) is 10.1 Å². The van der Waals surface area contributed by atoms with E-state index in [4.69, 9.17) is 11.6 Å². The second-order valence-electron chi connectivity index (χ2n) is 2.90. The lowest BCUT2D eigenvalue weighted by atomic mass is 10.4. The van der Waals surface area contributed by atoms with Crippen molar-refractivity contribution < 1.29 is 4.92 Å². The van der Waals surface area contributed by atoms with E-state index in [1.54, 1.807) is 6.20 Å². The van der Waals surface area contributed by atoms with Gasteiger partial charge in [0.05, 0.1) is 11.5 Å². The molecule has 0 saturated carbocycles. The summed E-state index contributed by atoms with van der Waals surface area (Å²) < 4.78 is 0. The van der Waals surface area contributed by atoms with Crippen LogP contribution >= 0.6 is 22.9 Å². The Morgan fingerprint density at radius 1 is 1.47 bits per heavy atom. The van der Waals surface area contributed by atoms with Crippen LogP contribution in [0.2, 0.25) is 5.15 Å². The third kappa shape index (κ3) is 2.66. The second-order valence-corrected chi connectivity index (χ2v) is 4.24. The molecule has 0 spiro atoms. The third-order valence-corrected chi connectivity index (χ3v) is 2.91. The zero-order chi connectivity index (χ0) is 12.3. The Bertz CT molecular complexity index is 533. The largest absolute Gasteiger partial charge is 0.358 e. The topological polar surface area (TPSA) is 93.8 Å². The van der Waals surface area contributed by atoms with Crippen LogP contribution in [0.25, 0.3) is 0 Å². The summed E-state index contributed by atoms with van der Waals surface area (Å²) in [5.41, 5.74) is -0.328. The fourth-order valence-corrected chi connectivity index (χ4v) is 1.91. The summed E-state index contributed by atoms with van der Waals surface area (Å²) in [5, 5.41) is 16.0. The summed E-state index contributed by atoms with van der Waals surface area (Å²) in [7, 11) is 0. The van der Waals surface area contributed by atoms with Gasteiger partial charge in [-0.25, -0.2) is 15.0 Å². The number of nitrogens with one attached hydrogen (secondary N) is 1. The first-order valence-corrected chi connectivity index (χ1v) is 5.71. The first-order chi connectivity index (χ1) is 8.18. The molecule has 0 aliphatic rings. The number of aromatic nitrogens is 3. The molecular formula is C8H6ClN5O2S. The average Bonchev–Trinajstić information content (AvgIpc) is 2.78. The predicted octanol–water partition coefficient (Wildman–Crippen LogP) is 2.11. The molecule has 0 bridgehead atoms. The molecule has 0 radical (unpaired) electrons. The maximum Gasteiger partial charge on any atom is 0.348 e. The van der Waals surface area contributed by atoms with Crippen molar-refractivity contribution >= 4 is 34.4 Å². The highest BCUT2D eigenvalue weighted by Crippen LogP contribution is 2.28. The van der Waals surface area contributed by atoms with E-state index >= 15 is 0 Å². The molecule has 2 aromatic heterocycles. The van der Waals surface area contributed by atoms with Crippen LogP contribution in [0.4, 0.5) is 11.5 Å². The highest BCUT2D eigenvalue weighted by Gasteiger charge is 2.21. The molecule has 0 aliphatic carbocycles. The summed E-state index contributed by atoms with van der Waals surface area (Å²) in [5.74, 6) is 0.0881. The maximum atomic E-state index is 10.8. The molecule has 9 heteroatoms. The standard InChI is InChI=1S/C8H6ClN5O2S/c9-7-6(14(15)16)8(13-4-12-7)11-3-5-10-1-2-17-5/h1-2,4H,3H2,(H,11,12,13). The van der Waals surface area contributed by atoms with Crippen LogP contribution in [0.3, 0.4) is 0 Å². The van der Waals surface area contributed by atoms with Gasteiger partial charge in [0.1, 0.15) is 11.3 Å². The Hall–Kier alpha value is -1.80. The van der Waals surface area contributed by atoms with Crippen molar-refractivity contribution in [1.29, 1.82) is 0 Å². The number of nitro groups is 1. The van der Waals surface area contributed by atoms with Gasteiger partial charge in [-0.05, 0) is 0 Å². The summed E-state index contributed by atoms with van der Waals surface area (Å²) >= 11 is 7.08. The number of hydrogen-bond donors (Lipinski definition) is 1. The molecule has 2 aromatic rings. The van der Waals surface area contributed by atoms with Gasteiger partial charge >= 0.3 is 5.69 Å². The Balaban J connectivity index is 2.21. The van der Waals surface area contributed by atoms with Crippen LogP contribution < -0.4 is 5.32 Å². The summed E-state index contributed by atoms with van der Waals surface area (Å²) in [4.78, 5) is 21.6. The van der Waals surface area contributed by atoms with Gasteiger partial charge in [0.15, 0.2) is 0 Å². The highest BCUT2D eigenvalue weighted by atomic mass is 35.5. The van der Waals surface area contributed by atoms with Gasteiger partial charge in [-0.1, -0.05) is 11.6 Å².